The zero-order valence-electron chi connectivity index (χ0n) is 14.1. The third-order valence-electron chi connectivity index (χ3n) is 3.57. The minimum absolute atomic E-state index is 0.00178. The lowest BCUT2D eigenvalue weighted by Gasteiger charge is -2.08. The van der Waals surface area contributed by atoms with Crippen LogP contribution in [0.2, 0.25) is 0 Å². The number of azo groups is 1. The molecule has 3 aromatic rings. The molecule has 0 saturated carbocycles. The number of nitrogens with one attached hydrogen (secondary N) is 2. The molecule has 0 aliphatic rings. The van der Waals surface area contributed by atoms with Crippen LogP contribution in [0.1, 0.15) is 10.4 Å². The molecule has 0 heterocycles. The normalized spacial score (nSPS) is 10.5. The van der Waals surface area contributed by atoms with Crippen molar-refractivity contribution in [2.24, 2.45) is 10.2 Å². The van der Waals surface area contributed by atoms with Gasteiger partial charge in [0.1, 0.15) is 0 Å². The quantitative estimate of drug-likeness (QED) is 0.374. The van der Waals surface area contributed by atoms with Crippen LogP contribution in [0, 0.1) is 10.1 Å². The van der Waals surface area contributed by atoms with Crippen LogP contribution in [0.4, 0.5) is 22.7 Å². The van der Waals surface area contributed by atoms with Crippen molar-refractivity contribution in [3.63, 3.8) is 0 Å². The maximum absolute atomic E-state index is 12.0. The van der Waals surface area contributed by atoms with Crippen LogP contribution in [0.15, 0.2) is 89.1 Å². The van der Waals surface area contributed by atoms with Crippen LogP contribution >= 0.6 is 0 Å². The number of rotatable bonds is 6. The number of non-ortho nitro benzene ring substituents is 1. The van der Waals surface area contributed by atoms with Crippen molar-refractivity contribution in [1.82, 2.24) is 5.43 Å². The Morgan fingerprint density at radius 1 is 0.815 bits per heavy atom. The third-order valence-corrected chi connectivity index (χ3v) is 3.57. The summed E-state index contributed by atoms with van der Waals surface area (Å²) in [4.78, 5) is 22.1. The van der Waals surface area contributed by atoms with E-state index in [2.05, 4.69) is 21.1 Å². The minimum atomic E-state index is -0.469. The van der Waals surface area contributed by atoms with Gasteiger partial charge in [-0.3, -0.25) is 25.8 Å². The second kappa shape index (κ2) is 8.34. The SMILES string of the molecule is O=C(NNc1ccc(N=Nc2ccc([N+](=O)[O-])cc2)cc1)c1ccccc1. The minimum Gasteiger partial charge on any atom is -0.298 e. The van der Waals surface area contributed by atoms with Gasteiger partial charge in [-0.1, -0.05) is 18.2 Å². The Morgan fingerprint density at radius 3 is 1.93 bits per heavy atom. The van der Waals surface area contributed by atoms with Crippen molar-refractivity contribution < 1.29 is 9.72 Å². The fourth-order valence-electron chi connectivity index (χ4n) is 2.16. The van der Waals surface area contributed by atoms with Gasteiger partial charge in [-0.25, -0.2) is 0 Å². The lowest BCUT2D eigenvalue weighted by atomic mass is 10.2. The Balaban J connectivity index is 1.57. The summed E-state index contributed by atoms with van der Waals surface area (Å²) in [6.45, 7) is 0. The molecule has 1 amide bonds. The van der Waals surface area contributed by atoms with Gasteiger partial charge in [0.25, 0.3) is 11.6 Å². The predicted octanol–water partition coefficient (Wildman–Crippen LogP) is 4.77. The molecule has 0 aromatic heterocycles. The van der Waals surface area contributed by atoms with Crippen molar-refractivity contribution in [2.45, 2.75) is 0 Å². The Bertz CT molecular complexity index is 955. The number of nitro groups is 1. The van der Waals surface area contributed by atoms with Gasteiger partial charge >= 0.3 is 0 Å². The molecule has 0 atom stereocenters. The summed E-state index contributed by atoms with van der Waals surface area (Å²) < 4.78 is 0. The van der Waals surface area contributed by atoms with Crippen LogP contribution in [-0.2, 0) is 0 Å². The van der Waals surface area contributed by atoms with Gasteiger partial charge < -0.3 is 0 Å². The van der Waals surface area contributed by atoms with Crippen molar-refractivity contribution >= 4 is 28.7 Å². The van der Waals surface area contributed by atoms with E-state index in [4.69, 9.17) is 0 Å². The van der Waals surface area contributed by atoms with E-state index in [1.54, 1.807) is 48.5 Å². The first-order valence-electron chi connectivity index (χ1n) is 7.99. The number of benzene rings is 3. The number of anilines is 1. The average molecular weight is 361 g/mol. The second-order valence-corrected chi connectivity index (χ2v) is 5.47. The van der Waals surface area contributed by atoms with Crippen molar-refractivity contribution in [3.8, 4) is 0 Å². The lowest BCUT2D eigenvalue weighted by molar-refractivity contribution is -0.384. The maximum Gasteiger partial charge on any atom is 0.269 e. The summed E-state index contributed by atoms with van der Waals surface area (Å²) in [5.41, 5.74) is 7.80. The van der Waals surface area contributed by atoms with Crippen LogP contribution in [0.5, 0.6) is 0 Å². The van der Waals surface area contributed by atoms with E-state index in [1.807, 2.05) is 6.07 Å². The number of hydrazine groups is 1. The van der Waals surface area contributed by atoms with Crippen LogP contribution < -0.4 is 10.9 Å². The van der Waals surface area contributed by atoms with Crippen molar-refractivity contribution in [2.75, 3.05) is 5.43 Å². The van der Waals surface area contributed by atoms with Gasteiger partial charge in [-0.2, -0.15) is 10.2 Å². The molecule has 0 radical (unpaired) electrons. The second-order valence-electron chi connectivity index (χ2n) is 5.47. The Kier molecular flexibility index (Phi) is 5.48. The first-order valence-corrected chi connectivity index (χ1v) is 7.99. The number of carbonyl (C=O) groups excluding carboxylic acids is 1. The predicted molar refractivity (Wildman–Crippen MR) is 101 cm³/mol. The van der Waals surface area contributed by atoms with Gasteiger partial charge in [-0.15, -0.1) is 0 Å². The number of nitro benzene ring substituents is 1. The van der Waals surface area contributed by atoms with E-state index in [0.29, 0.717) is 22.6 Å². The van der Waals surface area contributed by atoms with E-state index >= 15 is 0 Å². The molecule has 3 aromatic carbocycles. The van der Waals surface area contributed by atoms with Gasteiger partial charge in [0.05, 0.1) is 22.0 Å². The Morgan fingerprint density at radius 2 is 1.37 bits per heavy atom. The van der Waals surface area contributed by atoms with Gasteiger partial charge in [0.2, 0.25) is 0 Å². The molecule has 0 spiro atoms. The molecular weight excluding hydrogens is 346 g/mol. The first-order chi connectivity index (χ1) is 13.1. The van der Waals surface area contributed by atoms with Crippen LogP contribution in [0.3, 0.4) is 0 Å². The summed E-state index contributed by atoms with van der Waals surface area (Å²) in [6, 6.07) is 21.6. The maximum atomic E-state index is 12.0. The van der Waals surface area contributed by atoms with E-state index in [-0.39, 0.29) is 11.6 Å². The molecule has 134 valence electrons. The number of carbonyl (C=O) groups is 1. The summed E-state index contributed by atoms with van der Waals surface area (Å²) in [5.74, 6) is -0.238. The van der Waals surface area contributed by atoms with Gasteiger partial charge in [0.15, 0.2) is 0 Å². The van der Waals surface area contributed by atoms with E-state index < -0.39 is 4.92 Å². The summed E-state index contributed by atoms with van der Waals surface area (Å²) in [6.07, 6.45) is 0. The zero-order valence-corrected chi connectivity index (χ0v) is 14.1. The molecular formula is C19H15N5O3. The number of nitrogens with zero attached hydrogens (tertiary/aromatic N) is 3. The van der Waals surface area contributed by atoms with Crippen LogP contribution in [0.25, 0.3) is 0 Å². The van der Waals surface area contributed by atoms with Crippen LogP contribution in [-0.4, -0.2) is 10.8 Å². The number of hydrogen-bond acceptors (Lipinski definition) is 6. The first kappa shape index (κ1) is 17.7. The molecule has 0 saturated heterocycles. The Hall–Kier alpha value is -4.07. The number of hydrogen-bond donors (Lipinski definition) is 2. The van der Waals surface area contributed by atoms with Crippen molar-refractivity contribution in [1.29, 1.82) is 0 Å². The zero-order chi connectivity index (χ0) is 19.1. The highest BCUT2D eigenvalue weighted by molar-refractivity contribution is 5.94. The van der Waals surface area contributed by atoms with Crippen molar-refractivity contribution in [3.05, 3.63) is 94.5 Å². The fourth-order valence-corrected chi connectivity index (χ4v) is 2.16. The van der Waals surface area contributed by atoms with E-state index in [1.165, 1.54) is 24.3 Å². The monoisotopic (exact) mass is 361 g/mol. The number of amides is 1. The van der Waals surface area contributed by atoms with Gasteiger partial charge in [-0.05, 0) is 48.5 Å². The average Bonchev–Trinajstić information content (AvgIpc) is 2.72. The lowest BCUT2D eigenvalue weighted by Crippen LogP contribution is -2.29. The summed E-state index contributed by atoms with van der Waals surface area (Å²) in [5, 5.41) is 18.7. The topological polar surface area (TPSA) is 109 Å². The third kappa shape index (κ3) is 4.95. The smallest absolute Gasteiger partial charge is 0.269 e. The molecule has 2 N–H and O–H groups in total. The Labute approximate surface area is 154 Å². The van der Waals surface area contributed by atoms with E-state index in [0.717, 1.165) is 0 Å². The molecule has 0 fully saturated rings. The molecule has 3 rings (SSSR count). The highest BCUT2D eigenvalue weighted by Gasteiger charge is 2.04. The summed E-state index contributed by atoms with van der Waals surface area (Å²) >= 11 is 0. The molecule has 0 unspecified atom stereocenters. The fraction of sp³-hybridized carbons (Fsp3) is 0. The highest BCUT2D eigenvalue weighted by Crippen LogP contribution is 2.22. The highest BCUT2D eigenvalue weighted by atomic mass is 16.6. The molecule has 0 aliphatic heterocycles. The summed E-state index contributed by atoms with van der Waals surface area (Å²) in [7, 11) is 0. The van der Waals surface area contributed by atoms with E-state index in [9.17, 15) is 14.9 Å². The molecule has 0 aliphatic carbocycles. The molecule has 8 nitrogen and oxygen atoms in total. The standard InChI is InChI=1S/C19H15N5O3/c25-19(14-4-2-1-3-5-14)23-22-16-8-6-15(7-9-16)20-21-17-10-12-18(13-11-17)24(26)27/h1-13,22H,(H,23,25). The molecule has 27 heavy (non-hydrogen) atoms. The largest absolute Gasteiger partial charge is 0.298 e. The molecule has 8 heteroatoms. The van der Waals surface area contributed by atoms with Gasteiger partial charge in [0, 0.05) is 17.7 Å². The molecule has 0 bridgehead atoms.